The number of hydrogen-bond acceptors (Lipinski definition) is 7. The lowest BCUT2D eigenvalue weighted by atomic mass is 10.1. The molecule has 2 aliphatic rings. The van der Waals surface area contributed by atoms with E-state index in [1.54, 1.807) is 0 Å². The maximum Gasteiger partial charge on any atom is 0.419 e. The summed E-state index contributed by atoms with van der Waals surface area (Å²) in [6.07, 6.45) is -4.57. The van der Waals surface area contributed by atoms with Gasteiger partial charge in [-0.05, 0) is 31.7 Å². The van der Waals surface area contributed by atoms with Gasteiger partial charge in [0.25, 0.3) is 15.9 Å². The van der Waals surface area contributed by atoms with Gasteiger partial charge < -0.3 is 19.3 Å². The van der Waals surface area contributed by atoms with Gasteiger partial charge in [0.05, 0.1) is 30.0 Å². The minimum atomic E-state index is -4.67. The van der Waals surface area contributed by atoms with Crippen LogP contribution in [0.5, 0.6) is 5.75 Å². The van der Waals surface area contributed by atoms with E-state index < -0.39 is 39.5 Å². The first kappa shape index (κ1) is 26.0. The van der Waals surface area contributed by atoms with E-state index in [-0.39, 0.29) is 19.8 Å². The van der Waals surface area contributed by atoms with Crippen LogP contribution < -0.4 is 9.46 Å². The number of nitrogens with zero attached hydrogens (tertiary/aromatic N) is 2. The largest absolute Gasteiger partial charge is 0.488 e. The molecule has 14 heteroatoms. The van der Waals surface area contributed by atoms with Crippen LogP contribution in [-0.2, 0) is 20.9 Å². The number of anilines is 1. The number of thiophene rings is 1. The molecule has 0 radical (unpaired) electrons. The highest BCUT2D eigenvalue weighted by Crippen LogP contribution is 2.39. The quantitative estimate of drug-likeness (QED) is 0.586. The summed E-state index contributed by atoms with van der Waals surface area (Å²) in [5, 5.41) is 0. The van der Waals surface area contributed by atoms with Crippen LogP contribution in [0.2, 0.25) is 4.34 Å². The predicted molar refractivity (Wildman–Crippen MR) is 125 cm³/mol. The van der Waals surface area contributed by atoms with Crippen molar-refractivity contribution in [1.82, 2.24) is 9.80 Å². The van der Waals surface area contributed by atoms with E-state index in [2.05, 4.69) is 4.72 Å². The average molecular weight is 554 g/mol. The Balaban J connectivity index is 1.57. The molecule has 1 aromatic heterocycles. The summed E-state index contributed by atoms with van der Waals surface area (Å²) in [5.41, 5.74) is -1.06. The third kappa shape index (κ3) is 6.02. The molecule has 1 unspecified atom stereocenters. The number of halogens is 4. The summed E-state index contributed by atoms with van der Waals surface area (Å²) < 4.78 is 79.4. The van der Waals surface area contributed by atoms with Crippen molar-refractivity contribution in [3.05, 3.63) is 39.7 Å². The molecule has 0 aliphatic carbocycles. The van der Waals surface area contributed by atoms with Crippen LogP contribution in [0.3, 0.4) is 0 Å². The van der Waals surface area contributed by atoms with Crippen LogP contribution in [0.15, 0.2) is 28.5 Å². The molecular weight excluding hydrogens is 531 g/mol. The fourth-order valence-electron chi connectivity index (χ4n) is 3.86. The second-order valence-electron chi connectivity index (χ2n) is 8.26. The number of likely N-dealkylation sites (N-methyl/N-ethyl adjacent to an activating group) is 1. The van der Waals surface area contributed by atoms with Crippen LogP contribution in [0.1, 0.15) is 22.3 Å². The topological polar surface area (TPSA) is 88.2 Å². The molecule has 1 amide bonds. The maximum atomic E-state index is 13.5. The summed E-state index contributed by atoms with van der Waals surface area (Å²) in [6.45, 7) is 2.60. The third-order valence-electron chi connectivity index (χ3n) is 5.64. The molecule has 4 rings (SSSR count). The average Bonchev–Trinajstić information content (AvgIpc) is 3.38. The van der Waals surface area contributed by atoms with E-state index >= 15 is 0 Å². The maximum absolute atomic E-state index is 13.5. The van der Waals surface area contributed by atoms with Gasteiger partial charge in [0.15, 0.2) is 0 Å². The lowest BCUT2D eigenvalue weighted by Gasteiger charge is -2.26. The van der Waals surface area contributed by atoms with Crippen LogP contribution in [0.4, 0.5) is 18.9 Å². The minimum Gasteiger partial charge on any atom is -0.488 e. The number of sulfonamides is 1. The van der Waals surface area contributed by atoms with E-state index in [0.29, 0.717) is 57.2 Å². The summed E-state index contributed by atoms with van der Waals surface area (Å²) in [5.74, 6) is -0.867. The third-order valence-corrected chi connectivity index (χ3v) is 8.85. The molecule has 1 N–H and O–H groups in total. The zero-order chi connectivity index (χ0) is 25.4. The standard InChI is InChI=1S/C21H23ClF3N3O5S2/c1-27-5-4-14(12-27)33-17-10-13(2-3-16(17)21(23,24)25)26-35(30,31)18-11-15(19(22)34-18)20(29)28-6-8-32-9-7-28/h2-3,10-11,14,26H,4-9,12H2,1H3. The highest BCUT2D eigenvalue weighted by Gasteiger charge is 2.36. The Morgan fingerprint density at radius 1 is 1.23 bits per heavy atom. The number of rotatable bonds is 6. The molecule has 8 nitrogen and oxygen atoms in total. The summed E-state index contributed by atoms with van der Waals surface area (Å²) in [4.78, 5) is 16.2. The van der Waals surface area contributed by atoms with E-state index in [1.165, 1.54) is 11.0 Å². The molecule has 2 aliphatic heterocycles. The number of alkyl halides is 3. The van der Waals surface area contributed by atoms with Crippen LogP contribution in [-0.4, -0.2) is 76.7 Å². The Bertz CT molecular complexity index is 1200. The van der Waals surface area contributed by atoms with Gasteiger partial charge in [-0.2, -0.15) is 13.2 Å². The van der Waals surface area contributed by atoms with Crippen molar-refractivity contribution in [1.29, 1.82) is 0 Å². The second-order valence-corrected chi connectivity index (χ2v) is 11.8. The SMILES string of the molecule is CN1CCC(Oc2cc(NS(=O)(=O)c3cc(C(=O)N4CCOCC4)c(Cl)s3)ccc2C(F)(F)F)C1. The first-order chi connectivity index (χ1) is 16.4. The number of nitrogens with one attached hydrogen (secondary N) is 1. The van der Waals surface area contributed by atoms with E-state index in [9.17, 15) is 26.4 Å². The zero-order valence-corrected chi connectivity index (χ0v) is 21.0. The van der Waals surface area contributed by atoms with Gasteiger partial charge in [-0.3, -0.25) is 9.52 Å². The van der Waals surface area contributed by atoms with Crippen molar-refractivity contribution in [3.8, 4) is 5.75 Å². The number of likely N-dealkylation sites (tertiary alicyclic amines) is 1. The number of carbonyl (C=O) groups is 1. The lowest BCUT2D eigenvalue weighted by molar-refractivity contribution is -0.139. The van der Waals surface area contributed by atoms with Crippen molar-refractivity contribution in [2.24, 2.45) is 0 Å². The van der Waals surface area contributed by atoms with E-state index in [0.717, 1.165) is 18.2 Å². The molecule has 1 atom stereocenters. The first-order valence-electron chi connectivity index (χ1n) is 10.7. The first-order valence-corrected chi connectivity index (χ1v) is 13.4. The Morgan fingerprint density at radius 2 is 1.94 bits per heavy atom. The normalized spacial score (nSPS) is 19.7. The van der Waals surface area contributed by atoms with Gasteiger partial charge in [-0.25, -0.2) is 8.42 Å². The van der Waals surface area contributed by atoms with Crippen molar-refractivity contribution in [2.75, 3.05) is 51.2 Å². The van der Waals surface area contributed by atoms with Crippen LogP contribution >= 0.6 is 22.9 Å². The van der Waals surface area contributed by atoms with Crippen molar-refractivity contribution in [2.45, 2.75) is 22.9 Å². The number of amides is 1. The monoisotopic (exact) mass is 553 g/mol. The van der Waals surface area contributed by atoms with Crippen LogP contribution in [0, 0.1) is 0 Å². The van der Waals surface area contributed by atoms with Crippen molar-refractivity contribution < 1.29 is 35.9 Å². The highest BCUT2D eigenvalue weighted by molar-refractivity contribution is 7.94. The van der Waals surface area contributed by atoms with Crippen molar-refractivity contribution in [3.63, 3.8) is 0 Å². The number of benzene rings is 1. The van der Waals surface area contributed by atoms with Crippen molar-refractivity contribution >= 4 is 44.6 Å². The summed E-state index contributed by atoms with van der Waals surface area (Å²) in [6, 6.07) is 3.99. The van der Waals surface area contributed by atoms with Gasteiger partial charge in [0.1, 0.15) is 20.4 Å². The molecule has 1 aromatic carbocycles. The fraction of sp³-hybridized carbons (Fsp3) is 0.476. The predicted octanol–water partition coefficient (Wildman–Crippen LogP) is 3.78. The number of carbonyl (C=O) groups excluding carboxylic acids is 1. The van der Waals surface area contributed by atoms with Crippen LogP contribution in [0.25, 0.3) is 0 Å². The van der Waals surface area contributed by atoms with E-state index in [4.69, 9.17) is 21.1 Å². The summed E-state index contributed by atoms with van der Waals surface area (Å²) >= 11 is 6.86. The molecule has 35 heavy (non-hydrogen) atoms. The highest BCUT2D eigenvalue weighted by atomic mass is 35.5. The zero-order valence-electron chi connectivity index (χ0n) is 18.6. The van der Waals surface area contributed by atoms with Gasteiger partial charge in [-0.1, -0.05) is 11.6 Å². The molecule has 3 heterocycles. The van der Waals surface area contributed by atoms with Gasteiger partial charge >= 0.3 is 6.18 Å². The molecule has 0 spiro atoms. The second kappa shape index (κ2) is 10.1. The molecule has 0 bridgehead atoms. The Morgan fingerprint density at radius 3 is 2.57 bits per heavy atom. The Hall–Kier alpha value is -2.06. The smallest absolute Gasteiger partial charge is 0.419 e. The Labute approximate surface area is 209 Å². The van der Waals surface area contributed by atoms with Gasteiger partial charge in [0, 0.05) is 32.2 Å². The van der Waals surface area contributed by atoms with Gasteiger partial charge in [0.2, 0.25) is 0 Å². The van der Waals surface area contributed by atoms with E-state index in [1.807, 2.05) is 11.9 Å². The summed E-state index contributed by atoms with van der Waals surface area (Å²) in [7, 11) is -2.40. The minimum absolute atomic E-state index is 0.00339. The molecule has 0 saturated carbocycles. The molecule has 192 valence electrons. The Kier molecular flexibility index (Phi) is 7.53. The number of ether oxygens (including phenoxy) is 2. The number of morpholine rings is 1. The number of hydrogen-bond donors (Lipinski definition) is 1. The molecule has 2 aromatic rings. The van der Waals surface area contributed by atoms with Gasteiger partial charge in [-0.15, -0.1) is 11.3 Å². The molecule has 2 fully saturated rings. The fourth-order valence-corrected chi connectivity index (χ4v) is 6.61. The lowest BCUT2D eigenvalue weighted by Crippen LogP contribution is -2.40. The molecule has 2 saturated heterocycles. The molecular formula is C21H23ClF3N3O5S2.